The molecule has 1 aromatic heterocycles. The van der Waals surface area contributed by atoms with Crippen LogP contribution in [0.25, 0.3) is 0 Å². The predicted octanol–water partition coefficient (Wildman–Crippen LogP) is 3.18. The summed E-state index contributed by atoms with van der Waals surface area (Å²) in [5.74, 6) is -0.210. The molecule has 150 valence electrons. The third-order valence-corrected chi connectivity index (χ3v) is 5.23. The van der Waals surface area contributed by atoms with E-state index >= 15 is 0 Å². The van der Waals surface area contributed by atoms with Crippen molar-refractivity contribution in [2.24, 2.45) is 0 Å². The Kier molecular flexibility index (Phi) is 6.59. The second-order valence-electron chi connectivity index (χ2n) is 7.09. The van der Waals surface area contributed by atoms with Crippen LogP contribution in [0.4, 0.5) is 11.6 Å². The van der Waals surface area contributed by atoms with Crippen LogP contribution in [-0.2, 0) is 4.74 Å². The van der Waals surface area contributed by atoms with E-state index in [1.807, 2.05) is 24.3 Å². The average molecular weight is 383 g/mol. The third kappa shape index (κ3) is 4.85. The van der Waals surface area contributed by atoms with Gasteiger partial charge >= 0.3 is 0 Å². The predicted molar refractivity (Wildman–Crippen MR) is 110 cm³/mol. The van der Waals surface area contributed by atoms with Crippen LogP contribution in [0.2, 0.25) is 0 Å². The van der Waals surface area contributed by atoms with Gasteiger partial charge in [-0.15, -0.1) is 0 Å². The number of rotatable bonds is 6. The van der Waals surface area contributed by atoms with E-state index in [1.54, 1.807) is 13.0 Å². The van der Waals surface area contributed by atoms with Gasteiger partial charge in [0.2, 0.25) is 5.95 Å². The first-order chi connectivity index (χ1) is 13.5. The summed E-state index contributed by atoms with van der Waals surface area (Å²) in [5.41, 5.74) is 8.38. The van der Waals surface area contributed by atoms with Crippen LogP contribution < -0.4 is 11.1 Å². The Balaban J connectivity index is 1.65. The van der Waals surface area contributed by atoms with E-state index in [2.05, 4.69) is 34.0 Å². The molecule has 28 heavy (non-hydrogen) atoms. The second kappa shape index (κ2) is 9.12. The average Bonchev–Trinajstić information content (AvgIpc) is 2.69. The van der Waals surface area contributed by atoms with Gasteiger partial charge in [-0.1, -0.05) is 26.0 Å². The number of hydrogen-bond acceptors (Lipinski definition) is 6. The topological polar surface area (TPSA) is 93.4 Å². The van der Waals surface area contributed by atoms with Gasteiger partial charge in [0.1, 0.15) is 5.69 Å². The smallest absolute Gasteiger partial charge is 0.274 e. The highest BCUT2D eigenvalue weighted by molar-refractivity contribution is 6.03. The number of nitrogens with zero attached hydrogens (tertiary/aromatic N) is 3. The van der Waals surface area contributed by atoms with Gasteiger partial charge in [-0.05, 0) is 56.6 Å². The quantitative estimate of drug-likeness (QED) is 0.796. The number of nitrogens with one attached hydrogen (secondary N) is 1. The van der Waals surface area contributed by atoms with Crippen molar-refractivity contribution in [3.63, 3.8) is 0 Å². The van der Waals surface area contributed by atoms with Crippen molar-refractivity contribution in [3.05, 3.63) is 47.3 Å². The van der Waals surface area contributed by atoms with Crippen LogP contribution in [0.5, 0.6) is 0 Å². The second-order valence-corrected chi connectivity index (χ2v) is 7.09. The van der Waals surface area contributed by atoms with Crippen LogP contribution in [0, 0.1) is 6.92 Å². The Bertz CT molecular complexity index is 785. The molecule has 1 aliphatic rings. The monoisotopic (exact) mass is 383 g/mol. The fraction of sp³-hybridized carbons (Fsp3) is 0.476. The molecule has 1 aliphatic heterocycles. The molecule has 1 aromatic carbocycles. The van der Waals surface area contributed by atoms with Crippen molar-refractivity contribution in [2.75, 3.05) is 30.7 Å². The largest absolute Gasteiger partial charge is 0.373 e. The number of nitrogens with two attached hydrogens (primary N) is 1. The molecule has 0 spiro atoms. The summed E-state index contributed by atoms with van der Waals surface area (Å²) >= 11 is 0. The lowest BCUT2D eigenvalue weighted by Gasteiger charge is -2.36. The summed E-state index contributed by atoms with van der Waals surface area (Å²) < 4.78 is 6.01. The van der Waals surface area contributed by atoms with Crippen LogP contribution in [0.1, 0.15) is 54.5 Å². The zero-order valence-electron chi connectivity index (χ0n) is 16.8. The normalized spacial score (nSPS) is 19.6. The molecular weight excluding hydrogens is 354 g/mol. The highest BCUT2D eigenvalue weighted by Gasteiger charge is 2.27. The van der Waals surface area contributed by atoms with Gasteiger partial charge in [0.25, 0.3) is 5.91 Å². The summed E-state index contributed by atoms with van der Waals surface area (Å²) in [7, 11) is 0. The minimum atomic E-state index is -0.305. The lowest BCUT2D eigenvalue weighted by atomic mass is 9.96. The summed E-state index contributed by atoms with van der Waals surface area (Å²) in [6.45, 7) is 9.09. The zero-order chi connectivity index (χ0) is 20.1. The Hall–Kier alpha value is -2.51. The van der Waals surface area contributed by atoms with Crippen LogP contribution >= 0.6 is 0 Å². The van der Waals surface area contributed by atoms with Crippen molar-refractivity contribution in [1.82, 2.24) is 14.9 Å². The maximum absolute atomic E-state index is 12.4. The van der Waals surface area contributed by atoms with Gasteiger partial charge in [0.05, 0.1) is 6.10 Å². The molecule has 0 bridgehead atoms. The molecule has 3 rings (SSSR count). The molecule has 1 saturated heterocycles. The lowest BCUT2D eigenvalue weighted by molar-refractivity contribution is -0.0265. The summed E-state index contributed by atoms with van der Waals surface area (Å²) in [6, 6.07) is 10.0. The number of aryl methyl sites for hydroxylation is 1. The van der Waals surface area contributed by atoms with Crippen LogP contribution in [-0.4, -0.2) is 46.5 Å². The highest BCUT2D eigenvalue weighted by Crippen LogP contribution is 2.31. The number of ether oxygens (including phenoxy) is 1. The first kappa shape index (κ1) is 20.2. The van der Waals surface area contributed by atoms with Crippen molar-refractivity contribution in [1.29, 1.82) is 0 Å². The Morgan fingerprint density at radius 1 is 1.25 bits per heavy atom. The molecule has 0 unspecified atom stereocenters. The number of benzene rings is 1. The fourth-order valence-corrected chi connectivity index (χ4v) is 3.77. The minimum absolute atomic E-state index is 0.0911. The van der Waals surface area contributed by atoms with E-state index in [4.69, 9.17) is 10.5 Å². The summed E-state index contributed by atoms with van der Waals surface area (Å²) in [5, 5.41) is 2.85. The van der Waals surface area contributed by atoms with Gasteiger partial charge in [0.15, 0.2) is 0 Å². The highest BCUT2D eigenvalue weighted by atomic mass is 16.5. The maximum Gasteiger partial charge on any atom is 0.274 e. The molecule has 1 fully saturated rings. The number of amides is 1. The molecule has 7 heteroatoms. The minimum Gasteiger partial charge on any atom is -0.373 e. The Labute approximate surface area is 166 Å². The van der Waals surface area contributed by atoms with Gasteiger partial charge in [-0.2, -0.15) is 0 Å². The van der Waals surface area contributed by atoms with E-state index in [0.717, 1.165) is 38.1 Å². The number of hydrogen-bond donors (Lipinski definition) is 2. The van der Waals surface area contributed by atoms with Gasteiger partial charge in [0, 0.05) is 24.0 Å². The SMILES string of the molecule is CCN(CC)[C@@H]1CCO[C@H](c2ccc(NC(=O)c3cc(C)nc(N)n3)cc2)C1. The number of carbonyl (C=O) groups excluding carboxylic acids is 1. The van der Waals surface area contributed by atoms with Crippen molar-refractivity contribution < 1.29 is 9.53 Å². The molecule has 3 N–H and O–H groups in total. The first-order valence-electron chi connectivity index (χ1n) is 9.88. The van der Waals surface area contributed by atoms with Gasteiger partial charge in [-0.25, -0.2) is 9.97 Å². The zero-order valence-corrected chi connectivity index (χ0v) is 16.8. The molecule has 0 radical (unpaired) electrons. The summed E-state index contributed by atoms with van der Waals surface area (Å²) in [4.78, 5) is 22.9. The molecule has 0 aliphatic carbocycles. The molecule has 2 atom stereocenters. The lowest BCUT2D eigenvalue weighted by Crippen LogP contribution is -2.40. The fourth-order valence-electron chi connectivity index (χ4n) is 3.77. The standard InChI is InChI=1S/C21H29N5O2/c1-4-26(5-2)17-10-11-28-19(13-17)15-6-8-16(9-7-15)24-20(27)18-12-14(3)23-21(22)25-18/h6-9,12,17,19H,4-5,10-11,13H2,1-3H3,(H,24,27)(H2,22,23,25)/t17-,19+/m1/s1. The van der Waals surface area contributed by atoms with Gasteiger partial charge < -0.3 is 20.7 Å². The van der Waals surface area contributed by atoms with Crippen LogP contribution in [0.15, 0.2) is 30.3 Å². The van der Waals surface area contributed by atoms with Crippen molar-refractivity contribution >= 4 is 17.5 Å². The van der Waals surface area contributed by atoms with Crippen molar-refractivity contribution in [2.45, 2.75) is 45.8 Å². The molecule has 7 nitrogen and oxygen atoms in total. The number of carbonyl (C=O) groups is 1. The van der Waals surface area contributed by atoms with Gasteiger partial charge in [-0.3, -0.25) is 4.79 Å². The van der Waals surface area contributed by atoms with E-state index in [9.17, 15) is 4.79 Å². The maximum atomic E-state index is 12.4. The molecule has 0 saturated carbocycles. The number of nitrogen functional groups attached to an aromatic ring is 1. The Morgan fingerprint density at radius 2 is 1.96 bits per heavy atom. The molecule has 2 aromatic rings. The molecule has 1 amide bonds. The van der Waals surface area contributed by atoms with Crippen LogP contribution in [0.3, 0.4) is 0 Å². The number of aromatic nitrogens is 2. The molecular formula is C21H29N5O2. The van der Waals surface area contributed by atoms with Crippen molar-refractivity contribution in [3.8, 4) is 0 Å². The first-order valence-corrected chi connectivity index (χ1v) is 9.88. The summed E-state index contributed by atoms with van der Waals surface area (Å²) in [6.07, 6.45) is 2.16. The number of anilines is 2. The third-order valence-electron chi connectivity index (χ3n) is 5.23. The van der Waals surface area contributed by atoms with E-state index in [-0.39, 0.29) is 23.7 Å². The van der Waals surface area contributed by atoms with E-state index < -0.39 is 0 Å². The molecule has 2 heterocycles. The van der Waals surface area contributed by atoms with E-state index in [0.29, 0.717) is 17.4 Å². The van der Waals surface area contributed by atoms with E-state index in [1.165, 1.54) is 0 Å². The Morgan fingerprint density at radius 3 is 2.61 bits per heavy atom.